The number of fused-ring (bicyclic) bond motifs is 1. The van der Waals surface area contributed by atoms with Crippen molar-refractivity contribution in [3.63, 3.8) is 0 Å². The average Bonchev–Trinajstić information content (AvgIpc) is 2.62. The predicted molar refractivity (Wildman–Crippen MR) is 106 cm³/mol. The fourth-order valence-corrected chi connectivity index (χ4v) is 3.16. The molecule has 2 aromatic rings. The predicted octanol–water partition coefficient (Wildman–Crippen LogP) is 4.20. The topological polar surface area (TPSA) is 58.6 Å². The molecule has 1 heterocycles. The molecule has 0 radical (unpaired) electrons. The van der Waals surface area contributed by atoms with Gasteiger partial charge in [0.2, 0.25) is 5.91 Å². The van der Waals surface area contributed by atoms with Gasteiger partial charge in [-0.05, 0) is 49.7 Å². The van der Waals surface area contributed by atoms with Crippen LogP contribution in [-0.2, 0) is 16.1 Å². The van der Waals surface area contributed by atoms with E-state index in [1.54, 1.807) is 49.1 Å². The molecule has 0 saturated carbocycles. The van der Waals surface area contributed by atoms with Crippen molar-refractivity contribution in [3.05, 3.63) is 58.1 Å². The molecule has 2 amide bonds. The number of carbonyl (C=O) groups is 2. The first-order chi connectivity index (χ1) is 12.8. The highest BCUT2D eigenvalue weighted by atomic mass is 35.5. The second-order valence-corrected chi connectivity index (χ2v) is 7.71. The summed E-state index contributed by atoms with van der Waals surface area (Å²) in [4.78, 5) is 26.6. The second-order valence-electron chi connectivity index (χ2n) is 6.83. The Morgan fingerprint density at radius 2 is 1.78 bits per heavy atom. The molecule has 7 heteroatoms. The van der Waals surface area contributed by atoms with Gasteiger partial charge in [0, 0.05) is 29.6 Å². The third-order valence-corrected chi connectivity index (χ3v) is 4.79. The number of nitrogens with zero attached hydrogens (tertiary/aromatic N) is 1. The van der Waals surface area contributed by atoms with Gasteiger partial charge in [-0.15, -0.1) is 0 Å². The van der Waals surface area contributed by atoms with Crippen molar-refractivity contribution in [1.29, 1.82) is 0 Å². The molecule has 0 unspecified atom stereocenters. The van der Waals surface area contributed by atoms with Crippen molar-refractivity contribution in [1.82, 2.24) is 5.32 Å². The van der Waals surface area contributed by atoms with Crippen LogP contribution in [0.1, 0.15) is 25.8 Å². The van der Waals surface area contributed by atoms with Crippen LogP contribution in [0.2, 0.25) is 10.0 Å². The number of rotatable bonds is 5. The zero-order chi connectivity index (χ0) is 19.6. The lowest BCUT2D eigenvalue weighted by Gasteiger charge is -2.38. The number of carbonyl (C=O) groups excluding carboxylic acids is 2. The lowest BCUT2D eigenvalue weighted by atomic mass is 10.0. The number of nitrogens with one attached hydrogen (secondary N) is 1. The molecule has 0 saturated heterocycles. The fraction of sp³-hybridized carbons (Fsp3) is 0.300. The van der Waals surface area contributed by atoms with Crippen molar-refractivity contribution in [2.45, 2.75) is 32.4 Å². The molecule has 0 aromatic heterocycles. The van der Waals surface area contributed by atoms with Gasteiger partial charge in [-0.1, -0.05) is 35.3 Å². The van der Waals surface area contributed by atoms with E-state index in [1.165, 1.54) is 0 Å². The van der Waals surface area contributed by atoms with Crippen molar-refractivity contribution in [2.75, 3.05) is 11.4 Å². The van der Waals surface area contributed by atoms with Gasteiger partial charge in [0.05, 0.1) is 5.69 Å². The lowest BCUT2D eigenvalue weighted by molar-refractivity contribution is -0.132. The van der Waals surface area contributed by atoms with Crippen molar-refractivity contribution < 1.29 is 14.3 Å². The summed E-state index contributed by atoms with van der Waals surface area (Å²) in [5.74, 6) is 0.221. The lowest BCUT2D eigenvalue weighted by Crippen LogP contribution is -2.53. The molecule has 0 aliphatic carbocycles. The van der Waals surface area contributed by atoms with Crippen LogP contribution in [0.15, 0.2) is 42.5 Å². The molecule has 2 aromatic carbocycles. The van der Waals surface area contributed by atoms with Gasteiger partial charge in [0.15, 0.2) is 5.60 Å². The molecule has 3 rings (SSSR count). The van der Waals surface area contributed by atoms with E-state index in [1.807, 2.05) is 12.1 Å². The van der Waals surface area contributed by atoms with E-state index < -0.39 is 5.60 Å². The molecule has 142 valence electrons. The van der Waals surface area contributed by atoms with Gasteiger partial charge in [-0.3, -0.25) is 9.59 Å². The number of benzene rings is 2. The first kappa shape index (κ1) is 19.5. The van der Waals surface area contributed by atoms with Gasteiger partial charge in [-0.25, -0.2) is 0 Å². The maximum absolute atomic E-state index is 12.8. The maximum atomic E-state index is 12.8. The molecule has 5 nitrogen and oxygen atoms in total. The highest BCUT2D eigenvalue weighted by Crippen LogP contribution is 2.39. The van der Waals surface area contributed by atoms with Gasteiger partial charge < -0.3 is 15.0 Å². The monoisotopic (exact) mass is 406 g/mol. The van der Waals surface area contributed by atoms with Crippen LogP contribution in [0.25, 0.3) is 0 Å². The molecule has 1 aliphatic heterocycles. The van der Waals surface area contributed by atoms with Gasteiger partial charge >= 0.3 is 0 Å². The summed E-state index contributed by atoms with van der Waals surface area (Å²) in [6, 6.07) is 12.4. The zero-order valence-electron chi connectivity index (χ0n) is 15.1. The summed E-state index contributed by atoms with van der Waals surface area (Å²) in [6.45, 7) is 4.06. The Bertz CT molecular complexity index is 866. The van der Waals surface area contributed by atoms with Gasteiger partial charge in [-0.2, -0.15) is 0 Å². The fourth-order valence-electron chi connectivity index (χ4n) is 2.87. The van der Waals surface area contributed by atoms with Crippen molar-refractivity contribution in [2.24, 2.45) is 0 Å². The normalized spacial score (nSPS) is 15.1. The van der Waals surface area contributed by atoms with E-state index in [4.69, 9.17) is 27.9 Å². The Hall–Kier alpha value is -2.24. The first-order valence-corrected chi connectivity index (χ1v) is 9.33. The van der Waals surface area contributed by atoms with E-state index in [2.05, 4.69) is 5.32 Å². The Kier molecular flexibility index (Phi) is 5.63. The Balaban J connectivity index is 1.65. The van der Waals surface area contributed by atoms with Crippen LogP contribution in [0.4, 0.5) is 5.69 Å². The molecule has 0 spiro atoms. The Morgan fingerprint density at radius 1 is 1.11 bits per heavy atom. The summed E-state index contributed by atoms with van der Waals surface area (Å²) in [7, 11) is 0. The third-order valence-electron chi connectivity index (χ3n) is 4.30. The smallest absolute Gasteiger partial charge is 0.270 e. The van der Waals surface area contributed by atoms with Crippen molar-refractivity contribution in [3.8, 4) is 5.75 Å². The van der Waals surface area contributed by atoms with E-state index >= 15 is 0 Å². The van der Waals surface area contributed by atoms with Crippen LogP contribution in [0.5, 0.6) is 5.75 Å². The minimum atomic E-state index is -0.999. The number of hydrogen-bond donors (Lipinski definition) is 1. The molecule has 1 N–H and O–H groups in total. The number of hydrogen-bond acceptors (Lipinski definition) is 3. The summed E-state index contributed by atoms with van der Waals surface area (Å²) < 4.78 is 5.78. The minimum absolute atomic E-state index is 0.148. The van der Waals surface area contributed by atoms with Crippen molar-refractivity contribution >= 4 is 40.7 Å². The number of ether oxygens (including phenoxy) is 1. The molecule has 0 atom stereocenters. The second kappa shape index (κ2) is 7.79. The average molecular weight is 407 g/mol. The number of amides is 2. The quantitative estimate of drug-likeness (QED) is 0.808. The molecule has 1 aliphatic rings. The SMILES string of the molecule is CC1(C)Oc2ccc(Cl)cc2N(CCC(=O)NCc2ccc(Cl)cc2)C1=O. The highest BCUT2D eigenvalue weighted by molar-refractivity contribution is 6.31. The molecular weight excluding hydrogens is 387 g/mol. The number of halogens is 2. The van der Waals surface area contributed by atoms with E-state index in [0.29, 0.717) is 28.0 Å². The Morgan fingerprint density at radius 3 is 2.48 bits per heavy atom. The van der Waals surface area contributed by atoms with Gasteiger partial charge in [0.1, 0.15) is 5.75 Å². The molecule has 0 fully saturated rings. The van der Waals surface area contributed by atoms with Crippen LogP contribution in [0.3, 0.4) is 0 Å². The standard InChI is InChI=1S/C20H20Cl2N2O3/c1-20(2)19(26)24(16-11-15(22)7-8-17(16)27-20)10-9-18(25)23-12-13-3-5-14(21)6-4-13/h3-8,11H,9-10,12H2,1-2H3,(H,23,25). The minimum Gasteiger partial charge on any atom is -0.476 e. The summed E-state index contributed by atoms with van der Waals surface area (Å²) >= 11 is 11.9. The first-order valence-electron chi connectivity index (χ1n) is 8.58. The summed E-state index contributed by atoms with van der Waals surface area (Å²) in [5, 5.41) is 4.00. The van der Waals surface area contributed by atoms with Crippen LogP contribution < -0.4 is 15.0 Å². The number of anilines is 1. The zero-order valence-corrected chi connectivity index (χ0v) is 16.6. The Labute approximate surface area is 168 Å². The van der Waals surface area contributed by atoms with Crippen LogP contribution >= 0.6 is 23.2 Å². The maximum Gasteiger partial charge on any atom is 0.270 e. The van der Waals surface area contributed by atoms with Crippen LogP contribution in [0, 0.1) is 0 Å². The third kappa shape index (κ3) is 4.54. The largest absolute Gasteiger partial charge is 0.476 e. The van der Waals surface area contributed by atoms with Gasteiger partial charge in [0.25, 0.3) is 5.91 Å². The van der Waals surface area contributed by atoms with E-state index in [9.17, 15) is 9.59 Å². The van der Waals surface area contributed by atoms with E-state index in [-0.39, 0.29) is 24.8 Å². The molecule has 0 bridgehead atoms. The summed E-state index contributed by atoms with van der Waals surface area (Å²) in [6.07, 6.45) is 0.168. The molecule has 27 heavy (non-hydrogen) atoms. The summed E-state index contributed by atoms with van der Waals surface area (Å²) in [5.41, 5.74) is 0.534. The van der Waals surface area contributed by atoms with E-state index in [0.717, 1.165) is 5.56 Å². The highest BCUT2D eigenvalue weighted by Gasteiger charge is 2.40. The van der Waals surface area contributed by atoms with Crippen LogP contribution in [-0.4, -0.2) is 24.0 Å². The molecular formula is C20H20Cl2N2O3.